The zero-order chi connectivity index (χ0) is 14.3. The average molecular weight is 272 g/mol. The van der Waals surface area contributed by atoms with Crippen LogP contribution in [-0.2, 0) is 5.54 Å². The molecule has 3 heterocycles. The maximum Gasteiger partial charge on any atom is 0.127 e. The van der Waals surface area contributed by atoms with Gasteiger partial charge in [-0.1, -0.05) is 6.92 Å². The molecule has 3 rings (SSSR count). The third kappa shape index (κ3) is 2.22. The molecule has 1 aliphatic rings. The van der Waals surface area contributed by atoms with Crippen LogP contribution in [0.3, 0.4) is 0 Å². The molecule has 0 amide bonds. The summed E-state index contributed by atoms with van der Waals surface area (Å²) in [5.41, 5.74) is 2.20. The van der Waals surface area contributed by atoms with Gasteiger partial charge in [0, 0.05) is 11.7 Å². The second-order valence-corrected chi connectivity index (χ2v) is 6.89. The van der Waals surface area contributed by atoms with Gasteiger partial charge in [0.2, 0.25) is 0 Å². The van der Waals surface area contributed by atoms with Gasteiger partial charge in [0.05, 0.1) is 17.8 Å². The van der Waals surface area contributed by atoms with Gasteiger partial charge >= 0.3 is 0 Å². The highest BCUT2D eigenvalue weighted by Crippen LogP contribution is 2.33. The van der Waals surface area contributed by atoms with Crippen LogP contribution in [0.4, 0.5) is 0 Å². The van der Waals surface area contributed by atoms with Gasteiger partial charge in [-0.25, -0.2) is 4.98 Å². The highest BCUT2D eigenvalue weighted by atomic mass is 15.2. The fraction of sp³-hybridized carbons (Fsp3) is 0.625. The SMILES string of the molecule is CC1CCCNC1c1nc2cnccc2n1C(C)(C)C. The summed E-state index contributed by atoms with van der Waals surface area (Å²) in [5.74, 6) is 1.78. The topological polar surface area (TPSA) is 42.7 Å². The van der Waals surface area contributed by atoms with Crippen LogP contribution in [-0.4, -0.2) is 21.1 Å². The Morgan fingerprint density at radius 2 is 2.15 bits per heavy atom. The Hall–Kier alpha value is -1.42. The summed E-state index contributed by atoms with van der Waals surface area (Å²) in [4.78, 5) is 9.11. The first-order chi connectivity index (χ1) is 9.48. The Kier molecular flexibility index (Phi) is 3.28. The summed E-state index contributed by atoms with van der Waals surface area (Å²) in [7, 11) is 0. The smallest absolute Gasteiger partial charge is 0.127 e. The third-order valence-corrected chi connectivity index (χ3v) is 4.20. The molecule has 20 heavy (non-hydrogen) atoms. The normalized spacial score (nSPS) is 24.2. The van der Waals surface area contributed by atoms with E-state index in [0.717, 1.165) is 17.9 Å². The molecule has 4 heteroatoms. The van der Waals surface area contributed by atoms with E-state index in [4.69, 9.17) is 4.98 Å². The molecule has 2 aromatic heterocycles. The molecular weight excluding hydrogens is 248 g/mol. The number of hydrogen-bond acceptors (Lipinski definition) is 3. The minimum Gasteiger partial charge on any atom is -0.321 e. The van der Waals surface area contributed by atoms with E-state index in [1.807, 2.05) is 12.4 Å². The van der Waals surface area contributed by atoms with Crippen molar-refractivity contribution in [2.75, 3.05) is 6.54 Å². The van der Waals surface area contributed by atoms with Crippen LogP contribution in [0.25, 0.3) is 11.0 Å². The molecule has 0 saturated carbocycles. The minimum absolute atomic E-state index is 0.0181. The van der Waals surface area contributed by atoms with Crippen LogP contribution >= 0.6 is 0 Å². The Labute approximate surface area is 120 Å². The molecule has 0 bridgehead atoms. The highest BCUT2D eigenvalue weighted by molar-refractivity contribution is 5.75. The summed E-state index contributed by atoms with van der Waals surface area (Å²) in [6.45, 7) is 10.1. The lowest BCUT2D eigenvalue weighted by molar-refractivity contribution is 0.271. The van der Waals surface area contributed by atoms with Crippen molar-refractivity contribution in [2.24, 2.45) is 5.92 Å². The van der Waals surface area contributed by atoms with Gasteiger partial charge in [-0.05, 0) is 52.1 Å². The zero-order valence-corrected chi connectivity index (χ0v) is 12.8. The predicted molar refractivity (Wildman–Crippen MR) is 81.7 cm³/mol. The molecule has 0 aliphatic carbocycles. The van der Waals surface area contributed by atoms with Crippen molar-refractivity contribution in [1.82, 2.24) is 19.9 Å². The lowest BCUT2D eigenvalue weighted by atomic mass is 9.91. The van der Waals surface area contributed by atoms with Crippen LogP contribution in [0.5, 0.6) is 0 Å². The van der Waals surface area contributed by atoms with Gasteiger partial charge in [0.25, 0.3) is 0 Å². The molecule has 2 aromatic rings. The number of pyridine rings is 1. The summed E-state index contributed by atoms with van der Waals surface area (Å²) in [6.07, 6.45) is 6.25. The monoisotopic (exact) mass is 272 g/mol. The number of rotatable bonds is 1. The maximum absolute atomic E-state index is 4.89. The molecule has 2 atom stereocenters. The highest BCUT2D eigenvalue weighted by Gasteiger charge is 2.31. The molecule has 0 spiro atoms. The lowest BCUT2D eigenvalue weighted by Crippen LogP contribution is -2.37. The second-order valence-electron chi connectivity index (χ2n) is 6.89. The Morgan fingerprint density at radius 1 is 1.35 bits per heavy atom. The van der Waals surface area contributed by atoms with Crippen LogP contribution in [0.1, 0.15) is 52.4 Å². The number of fused-ring (bicyclic) bond motifs is 1. The van der Waals surface area contributed by atoms with Crippen molar-refractivity contribution in [3.8, 4) is 0 Å². The summed E-state index contributed by atoms with van der Waals surface area (Å²) >= 11 is 0. The number of nitrogens with one attached hydrogen (secondary N) is 1. The van der Waals surface area contributed by atoms with E-state index in [1.165, 1.54) is 18.4 Å². The zero-order valence-electron chi connectivity index (χ0n) is 12.8. The minimum atomic E-state index is 0.0181. The van der Waals surface area contributed by atoms with Crippen LogP contribution in [0.2, 0.25) is 0 Å². The summed E-state index contributed by atoms with van der Waals surface area (Å²) in [6, 6.07) is 2.42. The number of nitrogens with zero attached hydrogens (tertiary/aromatic N) is 3. The van der Waals surface area contributed by atoms with E-state index in [-0.39, 0.29) is 5.54 Å². The summed E-state index contributed by atoms with van der Waals surface area (Å²) < 4.78 is 2.38. The van der Waals surface area contributed by atoms with E-state index < -0.39 is 0 Å². The quantitative estimate of drug-likeness (QED) is 0.866. The van der Waals surface area contributed by atoms with Crippen molar-refractivity contribution >= 4 is 11.0 Å². The molecule has 1 saturated heterocycles. The largest absolute Gasteiger partial charge is 0.321 e. The first kappa shape index (κ1) is 13.6. The van der Waals surface area contributed by atoms with E-state index in [0.29, 0.717) is 12.0 Å². The molecule has 0 radical (unpaired) electrons. The van der Waals surface area contributed by atoms with Crippen molar-refractivity contribution in [3.05, 3.63) is 24.3 Å². The second kappa shape index (κ2) is 4.85. The van der Waals surface area contributed by atoms with Gasteiger partial charge in [-0.15, -0.1) is 0 Å². The standard InChI is InChI=1S/C16H24N4/c1-11-6-5-8-18-14(11)15-19-12-10-17-9-7-13(12)20(15)16(2,3)4/h7,9-11,14,18H,5-6,8H2,1-4H3. The van der Waals surface area contributed by atoms with Gasteiger partial charge in [-0.2, -0.15) is 0 Å². The molecule has 1 fully saturated rings. The number of piperidine rings is 1. The first-order valence-corrected chi connectivity index (χ1v) is 7.54. The first-order valence-electron chi connectivity index (χ1n) is 7.54. The maximum atomic E-state index is 4.89. The molecule has 1 N–H and O–H groups in total. The number of imidazole rings is 1. The van der Waals surface area contributed by atoms with Crippen molar-refractivity contribution in [2.45, 2.75) is 52.1 Å². The lowest BCUT2D eigenvalue weighted by Gasteiger charge is -2.33. The molecule has 4 nitrogen and oxygen atoms in total. The van der Waals surface area contributed by atoms with Gasteiger partial charge in [0.15, 0.2) is 0 Å². The average Bonchev–Trinajstić information content (AvgIpc) is 2.78. The van der Waals surface area contributed by atoms with Gasteiger partial charge in [0.1, 0.15) is 11.3 Å². The van der Waals surface area contributed by atoms with Gasteiger partial charge < -0.3 is 9.88 Å². The Morgan fingerprint density at radius 3 is 2.85 bits per heavy atom. The van der Waals surface area contributed by atoms with Crippen LogP contribution in [0, 0.1) is 5.92 Å². The van der Waals surface area contributed by atoms with E-state index in [9.17, 15) is 0 Å². The van der Waals surface area contributed by atoms with E-state index in [1.54, 1.807) is 0 Å². The molecular formula is C16H24N4. The molecule has 108 valence electrons. The van der Waals surface area contributed by atoms with E-state index in [2.05, 4.69) is 48.6 Å². The van der Waals surface area contributed by atoms with Gasteiger partial charge in [-0.3, -0.25) is 4.98 Å². The van der Waals surface area contributed by atoms with Crippen LogP contribution in [0.15, 0.2) is 18.5 Å². The van der Waals surface area contributed by atoms with Crippen molar-refractivity contribution < 1.29 is 0 Å². The molecule has 1 aliphatic heterocycles. The predicted octanol–water partition coefficient (Wildman–Crippen LogP) is 3.25. The fourth-order valence-electron chi connectivity index (χ4n) is 3.26. The summed E-state index contributed by atoms with van der Waals surface area (Å²) in [5, 5.41) is 3.65. The molecule has 0 aromatic carbocycles. The van der Waals surface area contributed by atoms with E-state index >= 15 is 0 Å². The Bertz CT molecular complexity index is 608. The number of aromatic nitrogens is 3. The molecule has 2 unspecified atom stereocenters. The van der Waals surface area contributed by atoms with Crippen molar-refractivity contribution in [3.63, 3.8) is 0 Å². The third-order valence-electron chi connectivity index (χ3n) is 4.20. The Balaban J connectivity index is 2.19. The number of hydrogen-bond donors (Lipinski definition) is 1. The van der Waals surface area contributed by atoms with Crippen LogP contribution < -0.4 is 5.32 Å². The fourth-order valence-corrected chi connectivity index (χ4v) is 3.26. The van der Waals surface area contributed by atoms with Crippen molar-refractivity contribution in [1.29, 1.82) is 0 Å².